The van der Waals surface area contributed by atoms with Gasteiger partial charge in [0, 0.05) is 12.4 Å². The van der Waals surface area contributed by atoms with Gasteiger partial charge in [-0.2, -0.15) is 8.78 Å². The van der Waals surface area contributed by atoms with E-state index in [0.717, 1.165) is 19.3 Å². The molecule has 2 N–H and O–H groups in total. The van der Waals surface area contributed by atoms with Gasteiger partial charge in [0.2, 0.25) is 0 Å². The van der Waals surface area contributed by atoms with E-state index in [0.29, 0.717) is 6.54 Å². The lowest BCUT2D eigenvalue weighted by Gasteiger charge is -2.30. The summed E-state index contributed by atoms with van der Waals surface area (Å²) in [4.78, 5) is 16.7. The molecule has 156 valence electrons. The molecule has 1 aromatic heterocycles. The molecule has 0 spiro atoms. The third-order valence-corrected chi connectivity index (χ3v) is 4.92. The molecule has 0 aliphatic carbocycles. The van der Waals surface area contributed by atoms with E-state index in [1.54, 1.807) is 0 Å². The Morgan fingerprint density at radius 1 is 1.38 bits per heavy atom. The average molecular weight is 446 g/mol. The number of aromatic nitrogens is 1. The molecule has 1 aromatic carbocycles. The fourth-order valence-corrected chi connectivity index (χ4v) is 3.42. The van der Waals surface area contributed by atoms with Crippen LogP contribution in [0.2, 0.25) is 10.0 Å². The number of ether oxygens (including phenoxy) is 2. The number of nitrogens with one attached hydrogen (secondary N) is 2. The number of pyridine rings is 1. The first-order chi connectivity index (χ1) is 13.9. The Morgan fingerprint density at radius 2 is 2.10 bits per heavy atom. The summed E-state index contributed by atoms with van der Waals surface area (Å²) in [6, 6.07) is 2.65. The summed E-state index contributed by atoms with van der Waals surface area (Å²) >= 11 is 12.1. The van der Waals surface area contributed by atoms with E-state index >= 15 is 0 Å². The van der Waals surface area contributed by atoms with Gasteiger partial charge in [-0.25, -0.2) is 0 Å². The van der Waals surface area contributed by atoms with E-state index in [2.05, 4.69) is 20.4 Å². The number of hydrogen-bond donors (Lipinski definition) is 2. The predicted molar refractivity (Wildman–Crippen MR) is 108 cm³/mol. The number of hydrogen-bond acceptors (Lipinski definition) is 5. The number of halogens is 4. The van der Waals surface area contributed by atoms with E-state index in [9.17, 15) is 13.6 Å². The minimum Gasteiger partial charge on any atom is -0.483 e. The van der Waals surface area contributed by atoms with Crippen molar-refractivity contribution < 1.29 is 23.0 Å². The quantitative estimate of drug-likeness (QED) is 0.579. The van der Waals surface area contributed by atoms with Crippen LogP contribution < -0.4 is 20.1 Å². The first kappa shape index (κ1) is 21.4. The Kier molecular flexibility index (Phi) is 6.97. The summed E-state index contributed by atoms with van der Waals surface area (Å²) in [6.45, 7) is -0.539. The Bertz CT molecular complexity index is 879. The highest BCUT2D eigenvalue weighted by Gasteiger charge is 2.28. The smallest absolute Gasteiger partial charge is 0.387 e. The standard InChI is InChI=1S/C19H19Cl2F2N3O3/c1-2-3-4-10-7-25-15-11(5-6-14(17(15)28-10)29-19(22)23)18(27)26-16-12(20)8-24-9-13(16)21/h5-6,8-10,19,25H,2-4,7H2,1H3,(H,24,26,27). The van der Waals surface area contributed by atoms with Crippen molar-refractivity contribution in [2.24, 2.45) is 0 Å². The van der Waals surface area contributed by atoms with Crippen molar-refractivity contribution in [3.63, 3.8) is 0 Å². The maximum absolute atomic E-state index is 12.8. The van der Waals surface area contributed by atoms with Crippen LogP contribution in [0.15, 0.2) is 24.5 Å². The second-order valence-electron chi connectivity index (χ2n) is 6.39. The van der Waals surface area contributed by atoms with Crippen molar-refractivity contribution in [1.29, 1.82) is 0 Å². The van der Waals surface area contributed by atoms with E-state index in [1.807, 2.05) is 6.92 Å². The molecular formula is C19H19Cl2F2N3O3. The van der Waals surface area contributed by atoms with Gasteiger partial charge in [-0.3, -0.25) is 9.78 Å². The first-order valence-electron chi connectivity index (χ1n) is 9.03. The van der Waals surface area contributed by atoms with Crippen molar-refractivity contribution in [1.82, 2.24) is 4.98 Å². The second-order valence-corrected chi connectivity index (χ2v) is 7.20. The van der Waals surface area contributed by atoms with Gasteiger partial charge in [0.15, 0.2) is 11.5 Å². The Balaban J connectivity index is 1.93. The van der Waals surface area contributed by atoms with E-state index < -0.39 is 12.5 Å². The monoisotopic (exact) mass is 445 g/mol. The van der Waals surface area contributed by atoms with Crippen LogP contribution in [0.3, 0.4) is 0 Å². The van der Waals surface area contributed by atoms with Gasteiger partial charge in [0.05, 0.1) is 33.5 Å². The summed E-state index contributed by atoms with van der Waals surface area (Å²) in [5.74, 6) is -0.597. The van der Waals surface area contributed by atoms with Crippen LogP contribution >= 0.6 is 23.2 Å². The Morgan fingerprint density at radius 3 is 2.76 bits per heavy atom. The van der Waals surface area contributed by atoms with Crippen LogP contribution in [0.4, 0.5) is 20.2 Å². The summed E-state index contributed by atoms with van der Waals surface area (Å²) in [5, 5.41) is 6.07. The van der Waals surface area contributed by atoms with Crippen LogP contribution in [0.5, 0.6) is 11.5 Å². The SMILES string of the molecule is CCCCC1CNc2c(C(=O)Nc3c(Cl)cncc3Cl)ccc(OC(F)F)c2O1. The molecule has 0 saturated heterocycles. The van der Waals surface area contributed by atoms with Gasteiger partial charge >= 0.3 is 6.61 Å². The van der Waals surface area contributed by atoms with Gasteiger partial charge in [-0.15, -0.1) is 0 Å². The molecule has 0 saturated carbocycles. The summed E-state index contributed by atoms with van der Waals surface area (Å²) in [7, 11) is 0. The number of amides is 1. The van der Waals surface area contributed by atoms with Crippen LogP contribution in [0.25, 0.3) is 0 Å². The number of unbranched alkanes of at least 4 members (excludes halogenated alkanes) is 1. The van der Waals surface area contributed by atoms with Crippen LogP contribution in [0.1, 0.15) is 36.5 Å². The van der Waals surface area contributed by atoms with E-state index in [1.165, 1.54) is 24.5 Å². The number of carbonyl (C=O) groups is 1. The maximum atomic E-state index is 12.8. The highest BCUT2D eigenvalue weighted by atomic mass is 35.5. The van der Waals surface area contributed by atoms with Gasteiger partial charge in [-0.05, 0) is 25.0 Å². The van der Waals surface area contributed by atoms with Crippen molar-refractivity contribution in [3.8, 4) is 11.5 Å². The molecule has 0 bridgehead atoms. The Hall–Kier alpha value is -2.32. The predicted octanol–water partition coefficient (Wildman–Crippen LogP) is 5.61. The zero-order valence-electron chi connectivity index (χ0n) is 15.5. The third-order valence-electron chi connectivity index (χ3n) is 4.34. The average Bonchev–Trinajstić information content (AvgIpc) is 2.69. The molecular weight excluding hydrogens is 427 g/mol. The third kappa shape index (κ3) is 5.00. The fraction of sp³-hybridized carbons (Fsp3) is 0.368. The lowest BCUT2D eigenvalue weighted by Crippen LogP contribution is -2.32. The van der Waals surface area contributed by atoms with Gasteiger partial charge in [0.25, 0.3) is 5.91 Å². The number of fused-ring (bicyclic) bond motifs is 1. The van der Waals surface area contributed by atoms with Crippen LogP contribution in [-0.4, -0.2) is 30.2 Å². The lowest BCUT2D eigenvalue weighted by molar-refractivity contribution is -0.0521. The number of rotatable bonds is 7. The maximum Gasteiger partial charge on any atom is 0.387 e. The molecule has 1 aliphatic rings. The molecule has 0 radical (unpaired) electrons. The number of benzene rings is 1. The molecule has 6 nitrogen and oxygen atoms in total. The highest BCUT2D eigenvalue weighted by Crippen LogP contribution is 2.43. The highest BCUT2D eigenvalue weighted by molar-refractivity contribution is 6.39. The van der Waals surface area contributed by atoms with Crippen LogP contribution in [0, 0.1) is 0 Å². The summed E-state index contributed by atoms with van der Waals surface area (Å²) < 4.78 is 36.1. The largest absolute Gasteiger partial charge is 0.483 e. The molecule has 2 aromatic rings. The lowest BCUT2D eigenvalue weighted by atomic mass is 10.1. The van der Waals surface area contributed by atoms with Gasteiger partial charge in [-0.1, -0.05) is 36.5 Å². The van der Waals surface area contributed by atoms with Crippen molar-refractivity contribution >= 4 is 40.5 Å². The zero-order chi connectivity index (χ0) is 21.0. The molecule has 29 heavy (non-hydrogen) atoms. The van der Waals surface area contributed by atoms with Gasteiger partial charge < -0.3 is 20.1 Å². The molecule has 10 heteroatoms. The van der Waals surface area contributed by atoms with Crippen molar-refractivity contribution in [3.05, 3.63) is 40.1 Å². The molecule has 1 amide bonds. The number of nitrogens with zero attached hydrogens (tertiary/aromatic N) is 1. The summed E-state index contributed by atoms with van der Waals surface area (Å²) in [5.41, 5.74) is 0.654. The normalized spacial score (nSPS) is 15.3. The van der Waals surface area contributed by atoms with E-state index in [4.69, 9.17) is 27.9 Å². The van der Waals surface area contributed by atoms with Crippen molar-refractivity contribution in [2.45, 2.75) is 38.9 Å². The molecule has 1 aliphatic heterocycles. The van der Waals surface area contributed by atoms with Crippen molar-refractivity contribution in [2.75, 3.05) is 17.2 Å². The topological polar surface area (TPSA) is 72.5 Å². The van der Waals surface area contributed by atoms with E-state index in [-0.39, 0.29) is 44.6 Å². The number of anilines is 2. The zero-order valence-corrected chi connectivity index (χ0v) is 17.0. The minimum atomic E-state index is -3.02. The second kappa shape index (κ2) is 9.45. The number of carbonyl (C=O) groups excluding carboxylic acids is 1. The fourth-order valence-electron chi connectivity index (χ4n) is 2.96. The molecule has 1 unspecified atom stereocenters. The molecule has 0 fully saturated rings. The molecule has 1 atom stereocenters. The molecule has 3 rings (SSSR count). The summed E-state index contributed by atoms with van der Waals surface area (Å²) in [6.07, 6.45) is 5.12. The Labute approximate surface area is 176 Å². The van der Waals surface area contributed by atoms with Gasteiger partial charge in [0.1, 0.15) is 6.10 Å². The minimum absolute atomic E-state index is 0.0808. The first-order valence-corrected chi connectivity index (χ1v) is 9.79. The van der Waals surface area contributed by atoms with Crippen LogP contribution in [-0.2, 0) is 0 Å². The molecule has 2 heterocycles. The number of alkyl halides is 2.